The second kappa shape index (κ2) is 5.33. The molecule has 0 aliphatic heterocycles. The van der Waals surface area contributed by atoms with Crippen LogP contribution in [0, 0.1) is 22.7 Å². The van der Waals surface area contributed by atoms with Crippen LogP contribution in [0.1, 0.15) is 72.6 Å². The van der Waals surface area contributed by atoms with Gasteiger partial charge in [-0.3, -0.25) is 0 Å². The Morgan fingerprint density at radius 3 is 2.68 bits per heavy atom. The fourth-order valence-corrected chi connectivity index (χ4v) is 3.84. The molecule has 0 heterocycles. The van der Waals surface area contributed by atoms with Crippen LogP contribution in [0.5, 0.6) is 0 Å². The first-order valence-corrected chi connectivity index (χ1v) is 8.09. The van der Waals surface area contributed by atoms with Crippen molar-refractivity contribution in [2.24, 2.45) is 22.7 Å². The first-order chi connectivity index (χ1) is 8.81. The van der Waals surface area contributed by atoms with E-state index in [1.54, 1.807) is 6.92 Å². The third-order valence-corrected chi connectivity index (χ3v) is 6.50. The van der Waals surface area contributed by atoms with Crippen molar-refractivity contribution in [3.63, 3.8) is 0 Å². The lowest BCUT2D eigenvalue weighted by molar-refractivity contribution is 0.0982. The monoisotopic (exact) mass is 272 g/mol. The van der Waals surface area contributed by atoms with Gasteiger partial charge in [0.25, 0.3) is 0 Å². The van der Waals surface area contributed by atoms with E-state index < -0.39 is 12.3 Å². The zero-order valence-corrected chi connectivity index (χ0v) is 13.0. The van der Waals surface area contributed by atoms with Crippen molar-refractivity contribution in [3.8, 4) is 0 Å². The Labute approximate surface area is 117 Å². The molecule has 3 unspecified atom stereocenters. The molecule has 0 amide bonds. The zero-order chi connectivity index (χ0) is 14.3. The van der Waals surface area contributed by atoms with Crippen LogP contribution in [0.2, 0.25) is 0 Å². The van der Waals surface area contributed by atoms with Crippen molar-refractivity contribution < 1.29 is 8.78 Å². The molecule has 2 aliphatic carbocycles. The molecule has 2 rings (SSSR count). The molecular weight excluding hydrogens is 242 g/mol. The molecule has 0 N–H and O–H groups in total. The van der Waals surface area contributed by atoms with Crippen molar-refractivity contribution in [2.45, 2.75) is 85.0 Å². The van der Waals surface area contributed by atoms with Gasteiger partial charge in [-0.15, -0.1) is 0 Å². The predicted molar refractivity (Wildman–Crippen MR) is 76.7 cm³/mol. The predicted octanol–water partition coefficient (Wildman–Crippen LogP) is 5.71. The number of alkyl halides is 2. The Morgan fingerprint density at radius 2 is 2.11 bits per heavy atom. The van der Waals surface area contributed by atoms with E-state index in [1.807, 2.05) is 13.8 Å². The average Bonchev–Trinajstić information content (AvgIpc) is 2.99. The van der Waals surface area contributed by atoms with Gasteiger partial charge in [0, 0.05) is 0 Å². The molecule has 0 aromatic rings. The van der Waals surface area contributed by atoms with Crippen LogP contribution in [0.25, 0.3) is 0 Å². The first-order valence-electron chi connectivity index (χ1n) is 8.09. The Bertz CT molecular complexity index is 314. The molecule has 0 radical (unpaired) electrons. The van der Waals surface area contributed by atoms with Crippen LogP contribution in [-0.4, -0.2) is 12.3 Å². The summed E-state index contributed by atoms with van der Waals surface area (Å²) in [4.78, 5) is 0. The molecule has 0 spiro atoms. The highest BCUT2D eigenvalue weighted by Gasteiger charge is 2.53. The molecular formula is C17H30F2. The van der Waals surface area contributed by atoms with E-state index in [2.05, 4.69) is 6.92 Å². The summed E-state index contributed by atoms with van der Waals surface area (Å²) < 4.78 is 28.1. The summed E-state index contributed by atoms with van der Waals surface area (Å²) in [5, 5.41) is 0. The highest BCUT2D eigenvalue weighted by atomic mass is 19.1. The number of rotatable bonds is 5. The van der Waals surface area contributed by atoms with Crippen LogP contribution in [0.3, 0.4) is 0 Å². The zero-order valence-electron chi connectivity index (χ0n) is 13.0. The van der Waals surface area contributed by atoms with E-state index in [0.29, 0.717) is 11.3 Å². The van der Waals surface area contributed by atoms with Gasteiger partial charge < -0.3 is 0 Å². The van der Waals surface area contributed by atoms with Gasteiger partial charge in [-0.1, -0.05) is 20.8 Å². The smallest absolute Gasteiger partial charge is 0.103 e. The quantitative estimate of drug-likeness (QED) is 0.601. The second-order valence-corrected chi connectivity index (χ2v) is 7.77. The normalized spacial score (nSPS) is 42.9. The van der Waals surface area contributed by atoms with Gasteiger partial charge in [0.15, 0.2) is 0 Å². The van der Waals surface area contributed by atoms with Crippen LogP contribution in [-0.2, 0) is 0 Å². The molecule has 19 heavy (non-hydrogen) atoms. The maximum atomic E-state index is 14.3. The van der Waals surface area contributed by atoms with Gasteiger partial charge in [-0.2, -0.15) is 0 Å². The van der Waals surface area contributed by atoms with Crippen molar-refractivity contribution in [3.05, 3.63) is 0 Å². The SMILES string of the molecule is CCC(C)(CC[C@H]1CC[C@]2(C)C[C@H]2CC1F)C(C)F. The summed E-state index contributed by atoms with van der Waals surface area (Å²) in [6, 6.07) is 0. The molecule has 0 saturated heterocycles. The van der Waals surface area contributed by atoms with Crippen molar-refractivity contribution in [1.82, 2.24) is 0 Å². The lowest BCUT2D eigenvalue weighted by Crippen LogP contribution is -2.28. The van der Waals surface area contributed by atoms with E-state index in [4.69, 9.17) is 0 Å². The van der Waals surface area contributed by atoms with E-state index in [-0.39, 0.29) is 11.3 Å². The van der Waals surface area contributed by atoms with E-state index in [1.165, 1.54) is 12.8 Å². The second-order valence-electron chi connectivity index (χ2n) is 7.77. The molecule has 112 valence electrons. The lowest BCUT2D eigenvalue weighted by atomic mass is 9.76. The topological polar surface area (TPSA) is 0 Å². The summed E-state index contributed by atoms with van der Waals surface area (Å²) in [6.07, 6.45) is 5.26. The molecule has 0 aromatic carbocycles. The van der Waals surface area contributed by atoms with Gasteiger partial charge in [-0.25, -0.2) is 8.78 Å². The molecule has 0 aromatic heterocycles. The van der Waals surface area contributed by atoms with E-state index in [0.717, 1.165) is 32.1 Å². The summed E-state index contributed by atoms with van der Waals surface area (Å²) in [7, 11) is 0. The maximum absolute atomic E-state index is 14.3. The maximum Gasteiger partial charge on any atom is 0.103 e. The summed E-state index contributed by atoms with van der Waals surface area (Å²) >= 11 is 0. The third-order valence-electron chi connectivity index (χ3n) is 6.50. The van der Waals surface area contributed by atoms with Gasteiger partial charge in [0.1, 0.15) is 12.3 Å². The van der Waals surface area contributed by atoms with Crippen LogP contribution in [0.15, 0.2) is 0 Å². The van der Waals surface area contributed by atoms with Gasteiger partial charge in [-0.05, 0) is 74.5 Å². The molecule has 0 bridgehead atoms. The van der Waals surface area contributed by atoms with Crippen LogP contribution >= 0.6 is 0 Å². The first kappa shape index (κ1) is 15.3. The van der Waals surface area contributed by atoms with Crippen LogP contribution < -0.4 is 0 Å². The highest BCUT2D eigenvalue weighted by Crippen LogP contribution is 2.61. The molecule has 0 nitrogen and oxygen atoms in total. The van der Waals surface area contributed by atoms with E-state index in [9.17, 15) is 8.78 Å². The highest BCUT2D eigenvalue weighted by molar-refractivity contribution is 5.02. The fraction of sp³-hybridized carbons (Fsp3) is 1.00. The summed E-state index contributed by atoms with van der Waals surface area (Å²) in [5.41, 5.74) is 0.180. The Kier molecular flexibility index (Phi) is 4.28. The van der Waals surface area contributed by atoms with E-state index >= 15 is 0 Å². The van der Waals surface area contributed by atoms with Gasteiger partial charge in [0.05, 0.1) is 0 Å². The number of fused-ring (bicyclic) bond motifs is 1. The molecule has 2 heteroatoms. The minimum atomic E-state index is -0.799. The summed E-state index contributed by atoms with van der Waals surface area (Å²) in [6.45, 7) is 8.03. The number of halogens is 2. The molecule has 2 aliphatic rings. The number of hydrogen-bond acceptors (Lipinski definition) is 0. The molecule has 2 saturated carbocycles. The Morgan fingerprint density at radius 1 is 1.42 bits per heavy atom. The van der Waals surface area contributed by atoms with Crippen molar-refractivity contribution >= 4 is 0 Å². The van der Waals surface area contributed by atoms with Crippen LogP contribution in [0.4, 0.5) is 8.78 Å². The Hall–Kier alpha value is -0.140. The fourth-order valence-electron chi connectivity index (χ4n) is 3.84. The summed E-state index contributed by atoms with van der Waals surface area (Å²) in [5.74, 6) is 0.805. The molecule has 6 atom stereocenters. The van der Waals surface area contributed by atoms with Gasteiger partial charge in [0.2, 0.25) is 0 Å². The number of hydrogen-bond donors (Lipinski definition) is 0. The molecule has 2 fully saturated rings. The Balaban J connectivity index is 1.88. The third kappa shape index (κ3) is 3.13. The standard InChI is InChI=1S/C17H30F2/c1-5-16(3,12(2)18)8-6-13-7-9-17(4)11-14(17)10-15(13)19/h12-15H,5-11H2,1-4H3/t12?,13-,14+,15?,16?,17+/m0/s1. The average molecular weight is 272 g/mol. The van der Waals surface area contributed by atoms with Crippen molar-refractivity contribution in [1.29, 1.82) is 0 Å². The largest absolute Gasteiger partial charge is 0.247 e. The minimum Gasteiger partial charge on any atom is -0.247 e. The van der Waals surface area contributed by atoms with Crippen molar-refractivity contribution in [2.75, 3.05) is 0 Å². The van der Waals surface area contributed by atoms with Gasteiger partial charge >= 0.3 is 0 Å². The minimum absolute atomic E-state index is 0.175. The lowest BCUT2D eigenvalue weighted by Gasteiger charge is -2.32.